The fraction of sp³-hybridized carbons (Fsp3) is 0.116. The second-order valence-corrected chi connectivity index (χ2v) is 14.2. The largest absolute Gasteiger partial charge is 0.300 e. The minimum Gasteiger partial charge on any atom is -0.300 e. The maximum absolute atomic E-state index is 5.14. The van der Waals surface area contributed by atoms with Crippen LogP contribution in [-0.2, 0) is 5.41 Å². The van der Waals surface area contributed by atoms with Crippen LogP contribution in [0, 0.1) is 6.92 Å². The second-order valence-electron chi connectivity index (χ2n) is 13.2. The standard InChI is InChI=1S/C43H33BN3S/c1-26-35(22-23-44-4)45-41(27-12-6-5-7-13-27)46-39(26)30-15-10-14-28(24-30)29-20-21-36-34(25-29)43(2,3)33-18-11-17-32-38-31-16-8-9-19-37(31)48-42(38)47(36)40(32)33/h5-25H,1-4H3/b23-22-. The highest BCUT2D eigenvalue weighted by Gasteiger charge is 2.36. The van der Waals surface area contributed by atoms with E-state index in [4.69, 9.17) is 9.97 Å². The van der Waals surface area contributed by atoms with Crippen LogP contribution in [0.3, 0.4) is 0 Å². The van der Waals surface area contributed by atoms with Crippen LogP contribution in [0.15, 0.2) is 121 Å². The zero-order valence-corrected chi connectivity index (χ0v) is 28.3. The van der Waals surface area contributed by atoms with Gasteiger partial charge in [0.25, 0.3) is 0 Å². The number of benzene rings is 5. The first-order chi connectivity index (χ1) is 23.4. The molecule has 1 aliphatic heterocycles. The molecule has 48 heavy (non-hydrogen) atoms. The van der Waals surface area contributed by atoms with Crippen molar-refractivity contribution in [3.05, 3.63) is 144 Å². The van der Waals surface area contributed by atoms with Crippen molar-refractivity contribution < 1.29 is 0 Å². The van der Waals surface area contributed by atoms with Gasteiger partial charge in [-0.2, -0.15) is 0 Å². The summed E-state index contributed by atoms with van der Waals surface area (Å²) in [5.74, 6) is 2.78. The summed E-state index contributed by atoms with van der Waals surface area (Å²) in [4.78, 5) is 11.4. The molecule has 3 aromatic heterocycles. The Morgan fingerprint density at radius 1 is 0.708 bits per heavy atom. The molecule has 0 unspecified atom stereocenters. The number of para-hydroxylation sites is 1. The number of aromatic nitrogens is 3. The average molecular weight is 635 g/mol. The summed E-state index contributed by atoms with van der Waals surface area (Å²) in [6.45, 7) is 8.90. The number of thiophene rings is 1. The van der Waals surface area contributed by atoms with Gasteiger partial charge in [-0.25, -0.2) is 9.97 Å². The van der Waals surface area contributed by atoms with Crippen molar-refractivity contribution in [3.8, 4) is 39.5 Å². The molecular weight excluding hydrogens is 601 g/mol. The quantitative estimate of drug-likeness (QED) is 0.176. The normalized spacial score (nSPS) is 13.5. The lowest BCUT2D eigenvalue weighted by atomic mass is 9.74. The summed E-state index contributed by atoms with van der Waals surface area (Å²) < 4.78 is 3.86. The predicted molar refractivity (Wildman–Crippen MR) is 206 cm³/mol. The van der Waals surface area contributed by atoms with Gasteiger partial charge in [0.15, 0.2) is 5.82 Å². The molecule has 4 heterocycles. The molecule has 1 radical (unpaired) electrons. The van der Waals surface area contributed by atoms with E-state index in [9.17, 15) is 0 Å². The van der Waals surface area contributed by atoms with E-state index < -0.39 is 0 Å². The third kappa shape index (κ3) is 4.27. The van der Waals surface area contributed by atoms with Gasteiger partial charge >= 0.3 is 0 Å². The van der Waals surface area contributed by atoms with Gasteiger partial charge in [-0.3, -0.25) is 0 Å². The van der Waals surface area contributed by atoms with Crippen LogP contribution in [0.2, 0.25) is 6.82 Å². The summed E-state index contributed by atoms with van der Waals surface area (Å²) in [5, 5.41) is 4.06. The number of fused-ring (bicyclic) bond motifs is 7. The number of hydrogen-bond acceptors (Lipinski definition) is 3. The van der Waals surface area contributed by atoms with E-state index in [-0.39, 0.29) is 5.41 Å². The number of nitrogens with zero attached hydrogens (tertiary/aromatic N) is 3. The van der Waals surface area contributed by atoms with E-state index in [1.807, 2.05) is 49.6 Å². The first kappa shape index (κ1) is 28.9. The van der Waals surface area contributed by atoms with E-state index in [1.54, 1.807) is 0 Å². The maximum atomic E-state index is 5.14. The van der Waals surface area contributed by atoms with Gasteiger partial charge < -0.3 is 4.57 Å². The van der Waals surface area contributed by atoms with Crippen LogP contribution in [0.1, 0.15) is 36.2 Å². The van der Waals surface area contributed by atoms with Gasteiger partial charge in [-0.05, 0) is 59.5 Å². The van der Waals surface area contributed by atoms with Crippen molar-refractivity contribution in [3.63, 3.8) is 0 Å². The Hall–Kier alpha value is -5.26. The number of rotatable bonds is 5. The molecule has 0 amide bonds. The molecule has 0 atom stereocenters. The summed E-state index contributed by atoms with van der Waals surface area (Å²) in [6.07, 6.45) is 2.08. The van der Waals surface area contributed by atoms with Crippen LogP contribution in [0.5, 0.6) is 0 Å². The average Bonchev–Trinajstić information content (AvgIpc) is 3.66. The highest BCUT2D eigenvalue weighted by Crippen LogP contribution is 2.51. The van der Waals surface area contributed by atoms with Gasteiger partial charge in [-0.1, -0.05) is 112 Å². The SMILES string of the molecule is C[B]/C=C\c1nc(-c2ccccc2)nc(-c2cccc(-c3ccc4c(c3)C(C)(C)c3cccc5c6c7ccccc7sc6n-4c35)c2)c1C. The predicted octanol–water partition coefficient (Wildman–Crippen LogP) is 11.5. The van der Waals surface area contributed by atoms with E-state index >= 15 is 0 Å². The second kappa shape index (κ2) is 10.9. The van der Waals surface area contributed by atoms with Crippen molar-refractivity contribution in [2.45, 2.75) is 33.0 Å². The van der Waals surface area contributed by atoms with Crippen LogP contribution in [0.4, 0.5) is 0 Å². The van der Waals surface area contributed by atoms with Crippen LogP contribution in [0.25, 0.3) is 76.7 Å². The molecular formula is C43H33BN3S. The summed E-state index contributed by atoms with van der Waals surface area (Å²) in [7, 11) is 2.03. The summed E-state index contributed by atoms with van der Waals surface area (Å²) >= 11 is 1.90. The van der Waals surface area contributed by atoms with E-state index in [0.29, 0.717) is 0 Å². The zero-order valence-electron chi connectivity index (χ0n) is 27.5. The monoisotopic (exact) mass is 634 g/mol. The fourth-order valence-corrected chi connectivity index (χ4v) is 8.79. The minimum atomic E-state index is -0.167. The maximum Gasteiger partial charge on any atom is 0.160 e. The van der Waals surface area contributed by atoms with Gasteiger partial charge in [0.2, 0.25) is 0 Å². The lowest BCUT2D eigenvalue weighted by Crippen LogP contribution is -2.26. The van der Waals surface area contributed by atoms with Crippen molar-refractivity contribution >= 4 is 55.9 Å². The molecule has 9 rings (SSSR count). The van der Waals surface area contributed by atoms with Crippen LogP contribution >= 0.6 is 11.3 Å². The third-order valence-corrected chi connectivity index (χ3v) is 11.2. The highest BCUT2D eigenvalue weighted by atomic mass is 32.1. The molecule has 8 aromatic rings. The minimum absolute atomic E-state index is 0.167. The molecule has 0 saturated heterocycles. The molecule has 0 spiro atoms. The summed E-state index contributed by atoms with van der Waals surface area (Å²) in [6, 6.07) is 41.8. The van der Waals surface area contributed by atoms with Crippen molar-refractivity contribution in [2.24, 2.45) is 0 Å². The Kier molecular flexibility index (Phi) is 6.57. The molecule has 1 aliphatic rings. The van der Waals surface area contributed by atoms with Gasteiger partial charge in [0.05, 0.1) is 22.6 Å². The summed E-state index contributed by atoms with van der Waals surface area (Å²) in [5.41, 5.74) is 12.6. The molecule has 0 fully saturated rings. The zero-order chi connectivity index (χ0) is 32.6. The Bertz CT molecular complexity index is 2590. The van der Waals surface area contributed by atoms with Crippen LogP contribution < -0.4 is 0 Å². The first-order valence-corrected chi connectivity index (χ1v) is 17.4. The fourth-order valence-electron chi connectivity index (χ4n) is 7.56. The molecule has 0 N–H and O–H groups in total. The first-order valence-electron chi connectivity index (χ1n) is 16.5. The van der Waals surface area contributed by atoms with Crippen molar-refractivity contribution in [2.75, 3.05) is 0 Å². The molecule has 3 nitrogen and oxygen atoms in total. The van der Waals surface area contributed by atoms with E-state index in [0.717, 1.165) is 33.9 Å². The van der Waals surface area contributed by atoms with Crippen molar-refractivity contribution in [1.29, 1.82) is 0 Å². The Labute approximate surface area is 285 Å². The third-order valence-electron chi connectivity index (χ3n) is 10.0. The molecule has 5 heteroatoms. The molecule has 229 valence electrons. The lowest BCUT2D eigenvalue weighted by Gasteiger charge is -2.35. The van der Waals surface area contributed by atoms with Crippen LogP contribution in [-0.4, -0.2) is 21.8 Å². The van der Waals surface area contributed by atoms with Gasteiger partial charge in [-0.15, -0.1) is 17.3 Å². The topological polar surface area (TPSA) is 30.7 Å². The smallest absolute Gasteiger partial charge is 0.160 e. The Morgan fingerprint density at radius 3 is 2.29 bits per heavy atom. The molecule has 0 aliphatic carbocycles. The molecule has 5 aromatic carbocycles. The highest BCUT2D eigenvalue weighted by molar-refractivity contribution is 7.25. The lowest BCUT2D eigenvalue weighted by molar-refractivity contribution is 0.630. The molecule has 0 saturated carbocycles. The van der Waals surface area contributed by atoms with Gasteiger partial charge in [0.1, 0.15) is 12.1 Å². The van der Waals surface area contributed by atoms with Crippen molar-refractivity contribution in [1.82, 2.24) is 14.5 Å². The van der Waals surface area contributed by atoms with Gasteiger partial charge in [0, 0.05) is 43.0 Å². The molecule has 0 bridgehead atoms. The van der Waals surface area contributed by atoms with E-state index in [1.165, 1.54) is 59.1 Å². The Morgan fingerprint density at radius 2 is 1.44 bits per heavy atom. The Balaban J connectivity index is 1.21. The number of hydrogen-bond donors (Lipinski definition) is 0. The van der Waals surface area contributed by atoms with E-state index in [2.05, 4.69) is 128 Å².